The normalized spacial score (nSPS) is 24.5. The van der Waals surface area contributed by atoms with Crippen molar-refractivity contribution in [2.24, 2.45) is 5.92 Å². The van der Waals surface area contributed by atoms with Crippen molar-refractivity contribution < 1.29 is 58.2 Å². The van der Waals surface area contributed by atoms with Crippen molar-refractivity contribution >= 4 is 0 Å². The third kappa shape index (κ3) is 4.85. The quantitative estimate of drug-likeness (QED) is 0.625. The largest absolute Gasteiger partial charge is 1.00 e. The van der Waals surface area contributed by atoms with Crippen LogP contribution in [0.3, 0.4) is 0 Å². The molecule has 0 aromatic rings. The van der Waals surface area contributed by atoms with Gasteiger partial charge in [-0.15, -0.1) is 6.54 Å². The molecule has 0 aromatic heterocycles. The summed E-state index contributed by atoms with van der Waals surface area (Å²) in [5, 5.41) is 4.21. The summed E-state index contributed by atoms with van der Waals surface area (Å²) < 4.78 is 0. The minimum Gasteiger partial charge on any atom is -0.665 e. The third-order valence-electron chi connectivity index (χ3n) is 2.68. The monoisotopic (exact) mass is 254 g/mol. The molecule has 1 aliphatic heterocycles. The summed E-state index contributed by atoms with van der Waals surface area (Å²) in [6, 6.07) is 0. The Balaban J connectivity index is 0.00000144. The Hall–Kier alpha value is 1.73. The molecule has 1 rings (SSSR count). The Morgan fingerprint density at radius 3 is 2.38 bits per heavy atom. The average molecular weight is 255 g/mol. The minimum absolute atomic E-state index is 0. The van der Waals surface area contributed by atoms with Gasteiger partial charge in [0.2, 0.25) is 0 Å². The Kier molecular flexibility index (Phi) is 7.18. The van der Waals surface area contributed by atoms with Crippen molar-refractivity contribution in [3.8, 4) is 0 Å². The first-order valence-corrected chi connectivity index (χ1v) is 4.84. The van der Waals surface area contributed by atoms with E-state index in [2.05, 4.69) is 31.0 Å². The fraction of sp³-hybridized carbons (Fsp3) is 1.00. The molecule has 3 heteroatoms. The topological polar surface area (TPSA) is 17.3 Å². The molecule has 1 fully saturated rings. The van der Waals surface area contributed by atoms with Gasteiger partial charge in [-0.25, -0.2) is 0 Å². The van der Waals surface area contributed by atoms with Gasteiger partial charge in [0.1, 0.15) is 0 Å². The third-order valence-corrected chi connectivity index (χ3v) is 2.68. The molecule has 13 heavy (non-hydrogen) atoms. The Bertz CT molecular complexity index is 142. The molecule has 0 aliphatic carbocycles. The first-order valence-electron chi connectivity index (χ1n) is 4.84. The van der Waals surface area contributed by atoms with E-state index >= 15 is 0 Å². The molecule has 1 saturated heterocycles. The van der Waals surface area contributed by atoms with Gasteiger partial charge in [0, 0.05) is 5.54 Å². The predicted molar refractivity (Wildman–Crippen MR) is 53.6 cm³/mol. The molecule has 0 radical (unpaired) electrons. The molecule has 0 saturated carbocycles. The van der Waals surface area contributed by atoms with E-state index in [9.17, 15) is 0 Å². The number of likely N-dealkylation sites (tertiary alicyclic amines) is 1. The maximum Gasteiger partial charge on any atom is 1.00 e. The predicted octanol–water partition coefficient (Wildman–Crippen LogP) is -0.886. The number of nitrogens with zero attached hydrogens (tertiary/aromatic N) is 2. The molecule has 1 aliphatic rings. The number of rotatable bonds is 2. The van der Waals surface area contributed by atoms with Gasteiger partial charge in [0.05, 0.1) is 0 Å². The van der Waals surface area contributed by atoms with Crippen LogP contribution < -0.4 is 58.2 Å². The van der Waals surface area contributed by atoms with Crippen molar-refractivity contribution in [2.45, 2.75) is 32.7 Å². The van der Waals surface area contributed by atoms with E-state index in [1.54, 1.807) is 0 Å². The molecule has 1 heterocycles. The van der Waals surface area contributed by atoms with E-state index < -0.39 is 0 Å². The second-order valence-electron chi connectivity index (χ2n) is 4.77. The van der Waals surface area contributed by atoms with Gasteiger partial charge in [-0.05, 0) is 46.2 Å². The zero-order chi connectivity index (χ0) is 9.19. The second-order valence-corrected chi connectivity index (χ2v) is 4.77. The summed E-state index contributed by atoms with van der Waals surface area (Å²) in [7, 11) is 1.92. The summed E-state index contributed by atoms with van der Waals surface area (Å²) in [5.74, 6) is 0.814. The summed E-state index contributed by atoms with van der Waals surface area (Å²) in [6.07, 6.45) is 1.33. The van der Waals surface area contributed by atoms with Crippen molar-refractivity contribution in [1.29, 1.82) is 0 Å². The first-order chi connectivity index (χ1) is 5.54. The van der Waals surface area contributed by atoms with Gasteiger partial charge in [-0.2, -0.15) is 7.05 Å². The molecule has 1 unspecified atom stereocenters. The van der Waals surface area contributed by atoms with Gasteiger partial charge >= 0.3 is 58.2 Å². The Morgan fingerprint density at radius 1 is 1.38 bits per heavy atom. The minimum atomic E-state index is 0. The van der Waals surface area contributed by atoms with Crippen LogP contribution in [0, 0.1) is 5.92 Å². The SMILES string of the molecule is C[N-]CC1CCN(C(C)(C)C)C1.[Rb+]. The molecule has 0 aromatic carbocycles. The maximum absolute atomic E-state index is 4.21. The van der Waals surface area contributed by atoms with Crippen LogP contribution in [0.5, 0.6) is 0 Å². The fourth-order valence-electron chi connectivity index (χ4n) is 1.85. The molecule has 0 bridgehead atoms. The fourth-order valence-corrected chi connectivity index (χ4v) is 1.85. The van der Waals surface area contributed by atoms with Crippen LogP contribution in [-0.2, 0) is 0 Å². The van der Waals surface area contributed by atoms with Gasteiger partial charge in [0.25, 0.3) is 0 Å². The zero-order valence-corrected chi connectivity index (χ0v) is 14.7. The van der Waals surface area contributed by atoms with Crippen LogP contribution in [0.2, 0.25) is 0 Å². The summed E-state index contributed by atoms with van der Waals surface area (Å²) in [6.45, 7) is 10.4. The van der Waals surface area contributed by atoms with E-state index in [1.165, 1.54) is 19.5 Å². The number of hydrogen-bond acceptors (Lipinski definition) is 1. The maximum atomic E-state index is 4.21. The van der Waals surface area contributed by atoms with E-state index in [4.69, 9.17) is 0 Å². The summed E-state index contributed by atoms with van der Waals surface area (Å²) in [5.41, 5.74) is 0.350. The standard InChI is InChI=1S/C10H21N2.Rb/c1-10(2,3)12-6-5-9(8-12)7-11-4;/h9H,5-8H2,1-4H3;/q-1;+1. The molecular formula is C10H21N2Rb. The van der Waals surface area contributed by atoms with Crippen LogP contribution in [0.15, 0.2) is 0 Å². The first kappa shape index (κ1) is 14.7. The van der Waals surface area contributed by atoms with Crippen molar-refractivity contribution in [1.82, 2.24) is 4.90 Å². The second kappa shape index (κ2) is 6.34. The van der Waals surface area contributed by atoms with E-state index in [1.807, 2.05) is 7.05 Å². The van der Waals surface area contributed by atoms with E-state index in [-0.39, 0.29) is 58.2 Å². The molecule has 72 valence electrons. The number of hydrogen-bond donors (Lipinski definition) is 0. The van der Waals surface area contributed by atoms with E-state index in [0.29, 0.717) is 5.54 Å². The van der Waals surface area contributed by atoms with E-state index in [0.717, 1.165) is 12.5 Å². The van der Waals surface area contributed by atoms with Gasteiger partial charge in [0.15, 0.2) is 0 Å². The van der Waals surface area contributed by atoms with Crippen molar-refractivity contribution in [3.05, 3.63) is 5.32 Å². The average Bonchev–Trinajstić information content (AvgIpc) is 2.35. The Morgan fingerprint density at radius 2 is 2.00 bits per heavy atom. The summed E-state index contributed by atoms with van der Waals surface area (Å²) >= 11 is 0. The molecule has 2 nitrogen and oxygen atoms in total. The van der Waals surface area contributed by atoms with Crippen LogP contribution in [0.1, 0.15) is 27.2 Å². The zero-order valence-electron chi connectivity index (χ0n) is 9.80. The van der Waals surface area contributed by atoms with Crippen LogP contribution in [-0.4, -0.2) is 37.1 Å². The van der Waals surface area contributed by atoms with Gasteiger partial charge in [-0.3, -0.25) is 4.90 Å². The molecular weight excluding hydrogens is 234 g/mol. The van der Waals surface area contributed by atoms with Crippen LogP contribution in [0.4, 0.5) is 0 Å². The summed E-state index contributed by atoms with van der Waals surface area (Å²) in [4.78, 5) is 2.56. The van der Waals surface area contributed by atoms with Crippen molar-refractivity contribution in [2.75, 3.05) is 26.7 Å². The molecule has 0 spiro atoms. The Labute approximate surface area is 132 Å². The van der Waals surface area contributed by atoms with Crippen LogP contribution >= 0.6 is 0 Å². The van der Waals surface area contributed by atoms with Gasteiger partial charge < -0.3 is 5.32 Å². The van der Waals surface area contributed by atoms with Crippen LogP contribution in [0.25, 0.3) is 5.32 Å². The molecule has 1 atom stereocenters. The van der Waals surface area contributed by atoms with Gasteiger partial charge in [-0.1, -0.05) is 0 Å². The molecule has 0 amide bonds. The van der Waals surface area contributed by atoms with Crippen molar-refractivity contribution in [3.63, 3.8) is 0 Å². The molecule has 0 N–H and O–H groups in total. The smallest absolute Gasteiger partial charge is 0.665 e.